The highest BCUT2D eigenvalue weighted by atomic mass is 14.2. The van der Waals surface area contributed by atoms with Gasteiger partial charge in [-0.25, -0.2) is 0 Å². The zero-order valence-corrected chi connectivity index (χ0v) is 8.98. The summed E-state index contributed by atoms with van der Waals surface area (Å²) >= 11 is 0. The first-order valence-corrected chi connectivity index (χ1v) is 5.11. The van der Waals surface area contributed by atoms with Crippen molar-refractivity contribution in [2.75, 3.05) is 0 Å². The Hall–Kier alpha value is -1.81. The number of nitrogens with zero attached hydrogens (tertiary/aromatic N) is 1. The van der Waals surface area contributed by atoms with Crippen LogP contribution in [-0.2, 0) is 0 Å². The van der Waals surface area contributed by atoms with Gasteiger partial charge in [-0.15, -0.1) is 0 Å². The summed E-state index contributed by atoms with van der Waals surface area (Å²) in [5, 5.41) is 8.83. The van der Waals surface area contributed by atoms with Crippen LogP contribution in [0.2, 0.25) is 0 Å². The first-order chi connectivity index (χ1) is 7.36. The van der Waals surface area contributed by atoms with Gasteiger partial charge in [-0.1, -0.05) is 42.5 Å². The van der Waals surface area contributed by atoms with Crippen molar-refractivity contribution in [3.63, 3.8) is 0 Å². The Bertz CT molecular complexity index is 384. The minimum absolute atomic E-state index is 0.745. The molecule has 0 amide bonds. The molecule has 0 atom stereocenters. The Kier molecular flexibility index (Phi) is 4.97. The van der Waals surface area contributed by atoms with Gasteiger partial charge >= 0.3 is 0 Å². The van der Waals surface area contributed by atoms with Crippen molar-refractivity contribution >= 4 is 0 Å². The van der Waals surface area contributed by atoms with Crippen molar-refractivity contribution in [3.05, 3.63) is 59.8 Å². The lowest BCUT2D eigenvalue weighted by molar-refractivity contribution is 1.24. The fourth-order valence-electron chi connectivity index (χ4n) is 1.32. The summed E-state index contributed by atoms with van der Waals surface area (Å²) in [6.07, 6.45) is 17.8. The maximum atomic E-state index is 8.83. The molecule has 0 heterocycles. The number of hydrogen-bond donors (Lipinski definition) is 0. The molecule has 0 unspecified atom stereocenters. The molecule has 0 fully saturated rings. The summed E-state index contributed by atoms with van der Waals surface area (Å²) in [6, 6.07) is 2.21. The van der Waals surface area contributed by atoms with E-state index in [1.54, 1.807) is 0 Å². The van der Waals surface area contributed by atoms with E-state index >= 15 is 0 Å². The number of nitriles is 1. The maximum absolute atomic E-state index is 8.83. The first-order valence-electron chi connectivity index (χ1n) is 5.11. The van der Waals surface area contributed by atoms with Crippen LogP contribution in [0.3, 0.4) is 0 Å². The molecule has 15 heavy (non-hydrogen) atoms. The quantitative estimate of drug-likeness (QED) is 0.630. The van der Waals surface area contributed by atoms with Crippen LogP contribution in [0.5, 0.6) is 0 Å². The van der Waals surface area contributed by atoms with Gasteiger partial charge in [0, 0.05) is 12.0 Å². The average Bonchev–Trinajstić information content (AvgIpc) is 2.49. The van der Waals surface area contributed by atoms with Crippen LogP contribution in [0.1, 0.15) is 19.8 Å². The lowest BCUT2D eigenvalue weighted by atomic mass is 10.1. The number of rotatable bonds is 3. The second-order valence-corrected chi connectivity index (χ2v) is 3.31. The zero-order valence-electron chi connectivity index (χ0n) is 8.98. The normalized spacial score (nSPS) is 16.3. The van der Waals surface area contributed by atoms with Crippen molar-refractivity contribution in [2.24, 2.45) is 0 Å². The molecule has 1 aliphatic rings. The van der Waals surface area contributed by atoms with E-state index in [0.29, 0.717) is 0 Å². The van der Waals surface area contributed by atoms with E-state index in [1.807, 2.05) is 43.4 Å². The van der Waals surface area contributed by atoms with E-state index < -0.39 is 0 Å². The third-order valence-electron chi connectivity index (χ3n) is 2.08. The van der Waals surface area contributed by atoms with Crippen LogP contribution in [0.25, 0.3) is 0 Å². The van der Waals surface area contributed by atoms with Gasteiger partial charge in [0.15, 0.2) is 0 Å². The summed E-state index contributed by atoms with van der Waals surface area (Å²) in [7, 11) is 0. The van der Waals surface area contributed by atoms with Gasteiger partial charge in [-0.05, 0) is 25.0 Å². The predicted molar refractivity (Wildman–Crippen MR) is 64.1 cm³/mol. The molecule has 1 rings (SSSR count). The lowest BCUT2D eigenvalue weighted by Gasteiger charge is -1.95. The monoisotopic (exact) mass is 197 g/mol. The van der Waals surface area contributed by atoms with Crippen LogP contribution in [0.4, 0.5) is 0 Å². The molecule has 0 spiro atoms. The van der Waals surface area contributed by atoms with Crippen molar-refractivity contribution in [3.8, 4) is 6.07 Å². The molecule has 1 aliphatic carbocycles. The Balaban J connectivity index is 2.65. The Morgan fingerprint density at radius 2 is 2.33 bits per heavy atom. The van der Waals surface area contributed by atoms with E-state index in [2.05, 4.69) is 18.2 Å². The molecule has 0 saturated heterocycles. The molecule has 0 bridgehead atoms. The van der Waals surface area contributed by atoms with Gasteiger partial charge in [0.25, 0.3) is 0 Å². The summed E-state index contributed by atoms with van der Waals surface area (Å²) in [6.45, 7) is 1.99. The van der Waals surface area contributed by atoms with E-state index in [-0.39, 0.29) is 0 Å². The second-order valence-electron chi connectivity index (χ2n) is 3.31. The van der Waals surface area contributed by atoms with Gasteiger partial charge in [0.2, 0.25) is 0 Å². The number of hydrogen-bond acceptors (Lipinski definition) is 1. The van der Waals surface area contributed by atoms with Gasteiger partial charge in [-0.3, -0.25) is 0 Å². The molecule has 0 aromatic heterocycles. The molecule has 76 valence electrons. The van der Waals surface area contributed by atoms with E-state index in [9.17, 15) is 0 Å². The maximum Gasteiger partial charge on any atom is 0.0950 e. The lowest BCUT2D eigenvalue weighted by Crippen LogP contribution is -1.78. The Labute approximate surface area is 91.4 Å². The SMILES string of the molecule is C/C=C\C=C/CC1=CC=CCC(C#N)=C1. The standard InChI is InChI=1S/C14H15N/c1-2-3-4-5-8-13-9-6-7-10-14(11-13)12-15/h2-7,9,11H,8,10H2,1H3/b3-2-,5-4-. The average molecular weight is 197 g/mol. The fourth-order valence-corrected chi connectivity index (χ4v) is 1.32. The van der Waals surface area contributed by atoms with E-state index in [1.165, 1.54) is 5.57 Å². The highest BCUT2D eigenvalue weighted by Gasteiger charge is 1.98. The van der Waals surface area contributed by atoms with E-state index in [4.69, 9.17) is 5.26 Å². The van der Waals surface area contributed by atoms with Crippen molar-refractivity contribution in [1.82, 2.24) is 0 Å². The smallest absolute Gasteiger partial charge is 0.0950 e. The highest BCUT2D eigenvalue weighted by molar-refractivity contribution is 5.38. The first kappa shape index (κ1) is 11.3. The van der Waals surface area contributed by atoms with Crippen LogP contribution in [-0.4, -0.2) is 0 Å². The molecule has 0 aromatic rings. The second kappa shape index (κ2) is 6.62. The van der Waals surface area contributed by atoms with Crippen molar-refractivity contribution < 1.29 is 0 Å². The van der Waals surface area contributed by atoms with Crippen molar-refractivity contribution in [2.45, 2.75) is 19.8 Å². The van der Waals surface area contributed by atoms with Crippen LogP contribution in [0, 0.1) is 11.3 Å². The minimum atomic E-state index is 0.745. The van der Waals surface area contributed by atoms with Gasteiger partial charge < -0.3 is 0 Å². The van der Waals surface area contributed by atoms with Gasteiger partial charge in [0.05, 0.1) is 6.07 Å². The number of allylic oxidation sites excluding steroid dienone is 10. The van der Waals surface area contributed by atoms with Crippen molar-refractivity contribution in [1.29, 1.82) is 5.26 Å². The molecular formula is C14H15N. The summed E-state index contributed by atoms with van der Waals surface area (Å²) in [5.74, 6) is 0. The third-order valence-corrected chi connectivity index (χ3v) is 2.08. The molecule has 1 nitrogen and oxygen atoms in total. The van der Waals surface area contributed by atoms with Gasteiger partial charge in [-0.2, -0.15) is 5.26 Å². The third kappa shape index (κ3) is 4.28. The largest absolute Gasteiger partial charge is 0.193 e. The molecule has 0 radical (unpaired) electrons. The topological polar surface area (TPSA) is 23.8 Å². The van der Waals surface area contributed by atoms with E-state index in [0.717, 1.165) is 18.4 Å². The molecule has 1 heteroatoms. The molecule has 0 saturated carbocycles. The summed E-state index contributed by atoms with van der Waals surface area (Å²) in [4.78, 5) is 0. The molecule has 0 N–H and O–H groups in total. The van der Waals surface area contributed by atoms with Crippen LogP contribution in [0.15, 0.2) is 59.8 Å². The van der Waals surface area contributed by atoms with Crippen LogP contribution < -0.4 is 0 Å². The summed E-state index contributed by atoms with van der Waals surface area (Å²) < 4.78 is 0. The fraction of sp³-hybridized carbons (Fsp3) is 0.214. The molecular weight excluding hydrogens is 182 g/mol. The Morgan fingerprint density at radius 3 is 3.07 bits per heavy atom. The summed E-state index contributed by atoms with van der Waals surface area (Å²) in [5.41, 5.74) is 2.01. The predicted octanol–water partition coefficient (Wildman–Crippen LogP) is 3.85. The molecule has 0 aromatic carbocycles. The van der Waals surface area contributed by atoms with Gasteiger partial charge in [0.1, 0.15) is 0 Å². The van der Waals surface area contributed by atoms with Crippen LogP contribution >= 0.6 is 0 Å². The molecule has 0 aliphatic heterocycles. The zero-order chi connectivity index (χ0) is 10.9. The Morgan fingerprint density at radius 1 is 1.47 bits per heavy atom. The highest BCUT2D eigenvalue weighted by Crippen LogP contribution is 2.14. The minimum Gasteiger partial charge on any atom is -0.193 e.